The average Bonchev–Trinajstić information content (AvgIpc) is 3.05. The molecule has 0 bridgehead atoms. The van der Waals surface area contributed by atoms with Crippen molar-refractivity contribution in [2.24, 2.45) is 5.92 Å². The fourth-order valence-corrected chi connectivity index (χ4v) is 4.04. The number of amides is 1. The number of nitrogens with zero attached hydrogens (tertiary/aromatic N) is 4. The van der Waals surface area contributed by atoms with Crippen LogP contribution in [0.5, 0.6) is 0 Å². The summed E-state index contributed by atoms with van der Waals surface area (Å²) >= 11 is 0. The normalized spacial score (nSPS) is 23.2. The number of carbonyl (C=O) groups excluding carboxylic acids is 1. The zero-order valence-electron chi connectivity index (χ0n) is 13.9. The number of hydrogen-bond donors (Lipinski definition) is 0. The van der Waals surface area contributed by atoms with Crippen LogP contribution in [0, 0.1) is 12.8 Å². The molecule has 1 aromatic carbocycles. The van der Waals surface area contributed by atoms with Gasteiger partial charge in [0.1, 0.15) is 12.1 Å². The van der Waals surface area contributed by atoms with Gasteiger partial charge in [-0.2, -0.15) is 0 Å². The van der Waals surface area contributed by atoms with Crippen LogP contribution in [0.2, 0.25) is 0 Å². The Hall–Kier alpha value is -2.43. The summed E-state index contributed by atoms with van der Waals surface area (Å²) in [5.74, 6) is 1.74. The molecule has 2 atom stereocenters. The maximum absolute atomic E-state index is 13.0. The molecular weight excluding hydrogens is 300 g/mol. The molecule has 1 amide bonds. The van der Waals surface area contributed by atoms with Gasteiger partial charge in [0.2, 0.25) is 0 Å². The molecule has 5 heteroatoms. The SMILES string of the molecule is Cc1ccccc1C(=O)N1CCC2CCN(c3ccncn3)CC21. The molecule has 0 N–H and O–H groups in total. The number of piperidine rings is 1. The Morgan fingerprint density at radius 3 is 2.79 bits per heavy atom. The summed E-state index contributed by atoms with van der Waals surface area (Å²) in [4.78, 5) is 25.8. The van der Waals surface area contributed by atoms with E-state index in [0.29, 0.717) is 5.92 Å². The van der Waals surface area contributed by atoms with E-state index >= 15 is 0 Å². The third-order valence-corrected chi connectivity index (χ3v) is 5.39. The maximum Gasteiger partial charge on any atom is 0.254 e. The third-order valence-electron chi connectivity index (χ3n) is 5.39. The summed E-state index contributed by atoms with van der Waals surface area (Å²) in [6, 6.07) is 10.1. The van der Waals surface area contributed by atoms with E-state index in [1.807, 2.05) is 37.3 Å². The first kappa shape index (κ1) is 15.1. The fraction of sp³-hybridized carbons (Fsp3) is 0.421. The van der Waals surface area contributed by atoms with Crippen molar-refractivity contribution >= 4 is 11.7 Å². The summed E-state index contributed by atoms with van der Waals surface area (Å²) in [6.07, 6.45) is 5.60. The van der Waals surface area contributed by atoms with E-state index in [9.17, 15) is 4.79 Å². The standard InChI is InChI=1S/C19H22N4O/c1-14-4-2-3-5-16(14)19(24)23-11-8-15-7-10-22(12-17(15)23)18-6-9-20-13-21-18/h2-6,9,13,15,17H,7-8,10-12H2,1H3. The van der Waals surface area contributed by atoms with Crippen LogP contribution in [0.4, 0.5) is 5.82 Å². The van der Waals surface area contributed by atoms with Crippen LogP contribution in [0.25, 0.3) is 0 Å². The van der Waals surface area contributed by atoms with Crippen LogP contribution in [-0.4, -0.2) is 46.5 Å². The van der Waals surface area contributed by atoms with E-state index in [2.05, 4.69) is 19.8 Å². The lowest BCUT2D eigenvalue weighted by atomic mass is 9.92. The molecule has 5 nitrogen and oxygen atoms in total. The molecule has 2 aliphatic rings. The van der Waals surface area contributed by atoms with Crippen molar-refractivity contribution in [2.45, 2.75) is 25.8 Å². The van der Waals surface area contributed by atoms with Gasteiger partial charge in [0.15, 0.2) is 0 Å². The molecule has 2 aliphatic heterocycles. The van der Waals surface area contributed by atoms with Crippen LogP contribution >= 0.6 is 0 Å². The number of aryl methyl sites for hydroxylation is 1. The summed E-state index contributed by atoms with van der Waals surface area (Å²) < 4.78 is 0. The summed E-state index contributed by atoms with van der Waals surface area (Å²) in [5, 5.41) is 0. The van der Waals surface area contributed by atoms with Crippen molar-refractivity contribution in [2.75, 3.05) is 24.5 Å². The van der Waals surface area contributed by atoms with Crippen molar-refractivity contribution in [1.82, 2.24) is 14.9 Å². The lowest BCUT2D eigenvalue weighted by molar-refractivity contribution is 0.0711. The van der Waals surface area contributed by atoms with E-state index in [1.165, 1.54) is 0 Å². The van der Waals surface area contributed by atoms with Gasteiger partial charge in [-0.3, -0.25) is 4.79 Å². The van der Waals surface area contributed by atoms with Gasteiger partial charge in [0, 0.05) is 31.4 Å². The second kappa shape index (κ2) is 6.23. The van der Waals surface area contributed by atoms with Gasteiger partial charge in [-0.05, 0) is 43.4 Å². The second-order valence-corrected chi connectivity index (χ2v) is 6.73. The summed E-state index contributed by atoms with van der Waals surface area (Å²) in [7, 11) is 0. The lowest BCUT2D eigenvalue weighted by Gasteiger charge is -2.39. The van der Waals surface area contributed by atoms with Gasteiger partial charge in [0.05, 0.1) is 6.04 Å². The van der Waals surface area contributed by atoms with Gasteiger partial charge in [0.25, 0.3) is 5.91 Å². The van der Waals surface area contributed by atoms with Crippen LogP contribution in [0.15, 0.2) is 42.9 Å². The number of likely N-dealkylation sites (tertiary alicyclic amines) is 1. The molecule has 2 saturated heterocycles. The molecule has 3 heterocycles. The largest absolute Gasteiger partial charge is 0.354 e. The molecular formula is C19H22N4O. The van der Waals surface area contributed by atoms with E-state index in [4.69, 9.17) is 0 Å². The molecule has 2 aromatic rings. The minimum atomic E-state index is 0.171. The first-order valence-corrected chi connectivity index (χ1v) is 8.61. The predicted molar refractivity (Wildman–Crippen MR) is 93.0 cm³/mol. The Labute approximate surface area is 142 Å². The summed E-state index contributed by atoms with van der Waals surface area (Å²) in [5.41, 5.74) is 1.88. The molecule has 2 fully saturated rings. The molecule has 124 valence electrons. The minimum Gasteiger partial charge on any atom is -0.354 e. The van der Waals surface area contributed by atoms with Crippen molar-refractivity contribution in [3.05, 3.63) is 54.0 Å². The molecule has 0 aliphatic carbocycles. The number of rotatable bonds is 2. The molecule has 0 saturated carbocycles. The van der Waals surface area contributed by atoms with Gasteiger partial charge in [-0.1, -0.05) is 18.2 Å². The highest BCUT2D eigenvalue weighted by Crippen LogP contribution is 2.34. The number of fused-ring (bicyclic) bond motifs is 1. The zero-order valence-corrected chi connectivity index (χ0v) is 13.9. The van der Waals surface area contributed by atoms with Crippen molar-refractivity contribution in [3.8, 4) is 0 Å². The molecule has 0 spiro atoms. The number of anilines is 1. The molecule has 24 heavy (non-hydrogen) atoms. The van der Waals surface area contributed by atoms with E-state index in [0.717, 1.165) is 49.4 Å². The van der Waals surface area contributed by atoms with Gasteiger partial charge >= 0.3 is 0 Å². The van der Waals surface area contributed by atoms with E-state index < -0.39 is 0 Å². The van der Waals surface area contributed by atoms with Crippen LogP contribution in [0.1, 0.15) is 28.8 Å². The van der Waals surface area contributed by atoms with E-state index in [1.54, 1.807) is 12.5 Å². The number of carbonyl (C=O) groups is 1. The van der Waals surface area contributed by atoms with Crippen LogP contribution in [-0.2, 0) is 0 Å². The highest BCUT2D eigenvalue weighted by atomic mass is 16.2. The molecule has 0 radical (unpaired) electrons. The van der Waals surface area contributed by atoms with Crippen LogP contribution < -0.4 is 4.90 Å². The Bertz CT molecular complexity index is 733. The fourth-order valence-electron chi connectivity index (χ4n) is 4.04. The number of benzene rings is 1. The number of aromatic nitrogens is 2. The van der Waals surface area contributed by atoms with Gasteiger partial charge in [-0.25, -0.2) is 9.97 Å². The van der Waals surface area contributed by atoms with Gasteiger partial charge < -0.3 is 9.80 Å². The number of hydrogen-bond acceptors (Lipinski definition) is 4. The van der Waals surface area contributed by atoms with Crippen molar-refractivity contribution in [1.29, 1.82) is 0 Å². The second-order valence-electron chi connectivity index (χ2n) is 6.73. The first-order valence-electron chi connectivity index (χ1n) is 8.61. The van der Waals surface area contributed by atoms with E-state index in [-0.39, 0.29) is 11.9 Å². The monoisotopic (exact) mass is 322 g/mol. The average molecular weight is 322 g/mol. The maximum atomic E-state index is 13.0. The smallest absolute Gasteiger partial charge is 0.254 e. The predicted octanol–water partition coefficient (Wildman–Crippen LogP) is 2.53. The Kier molecular flexibility index (Phi) is 3.92. The Balaban J connectivity index is 1.56. The molecule has 4 rings (SSSR count). The highest BCUT2D eigenvalue weighted by Gasteiger charge is 2.41. The van der Waals surface area contributed by atoms with Crippen molar-refractivity contribution in [3.63, 3.8) is 0 Å². The lowest BCUT2D eigenvalue weighted by Crippen LogP contribution is -2.50. The topological polar surface area (TPSA) is 49.3 Å². The minimum absolute atomic E-state index is 0.171. The zero-order chi connectivity index (χ0) is 16.5. The third kappa shape index (κ3) is 2.64. The summed E-state index contributed by atoms with van der Waals surface area (Å²) in [6.45, 7) is 4.73. The Morgan fingerprint density at radius 1 is 1.17 bits per heavy atom. The first-order chi connectivity index (χ1) is 11.7. The highest BCUT2D eigenvalue weighted by molar-refractivity contribution is 5.96. The molecule has 2 unspecified atom stereocenters. The van der Waals surface area contributed by atoms with Gasteiger partial charge in [-0.15, -0.1) is 0 Å². The Morgan fingerprint density at radius 2 is 2.00 bits per heavy atom. The quantitative estimate of drug-likeness (QED) is 0.852. The van der Waals surface area contributed by atoms with Crippen LogP contribution in [0.3, 0.4) is 0 Å². The van der Waals surface area contributed by atoms with Crippen molar-refractivity contribution < 1.29 is 4.79 Å². The molecule has 1 aromatic heterocycles.